The summed E-state index contributed by atoms with van der Waals surface area (Å²) in [7, 11) is 0. The van der Waals surface area contributed by atoms with Crippen molar-refractivity contribution in [2.24, 2.45) is 0 Å². The minimum absolute atomic E-state index is 0.0648. The average Bonchev–Trinajstić information content (AvgIpc) is 3.11. The maximum absolute atomic E-state index is 12.6. The molecule has 28 heavy (non-hydrogen) atoms. The first-order valence-electron chi connectivity index (χ1n) is 7.54. The average molecular weight is 419 g/mol. The van der Waals surface area contributed by atoms with Crippen molar-refractivity contribution in [3.8, 4) is 17.3 Å². The van der Waals surface area contributed by atoms with Crippen LogP contribution in [0.1, 0.15) is 16.3 Å². The maximum atomic E-state index is 12.6. The lowest BCUT2D eigenvalue weighted by atomic mass is 10.2. The number of rotatable bonds is 6. The Balaban J connectivity index is 1.77. The van der Waals surface area contributed by atoms with Crippen LogP contribution in [-0.2, 0) is 6.54 Å². The molecule has 0 aliphatic heterocycles. The van der Waals surface area contributed by atoms with Gasteiger partial charge in [0.2, 0.25) is 0 Å². The van der Waals surface area contributed by atoms with Crippen LogP contribution < -0.4 is 10.3 Å². The summed E-state index contributed by atoms with van der Waals surface area (Å²) in [5, 5.41) is 3.74. The van der Waals surface area contributed by atoms with Crippen molar-refractivity contribution < 1.29 is 26.7 Å². The molecule has 3 rings (SSSR count). The fourth-order valence-corrected chi connectivity index (χ4v) is 2.79. The molecule has 148 valence electrons. The second-order valence-electron chi connectivity index (χ2n) is 5.34. The molecule has 3 aromatic rings. The predicted octanol–water partition coefficient (Wildman–Crippen LogP) is 3.08. The smallest absolute Gasteiger partial charge is 0.422 e. The molecule has 0 saturated carbocycles. The predicted molar refractivity (Wildman–Crippen MR) is 87.2 cm³/mol. The minimum atomic E-state index is -4.51. The second kappa shape index (κ2) is 7.96. The Morgan fingerprint density at radius 3 is 2.43 bits per heavy atom. The lowest BCUT2D eigenvalue weighted by Gasteiger charge is -2.08. The Kier molecular flexibility index (Phi) is 5.63. The number of ether oxygens (including phenoxy) is 1. The third-order valence-electron chi connectivity index (χ3n) is 3.22. The molecule has 0 saturated heterocycles. The number of nitrogens with zero attached hydrogens (tertiary/aromatic N) is 5. The standard InChI is InChI=1S/C15H10F5N5O2S/c16-12(17)13-21-5-9(28-13)6-25-11(26)2-1-10(24-25)8-3-22-14(23-4-8)27-7-15(18,19)20/h1-5,12H,6-7H2. The molecule has 0 N–H and O–H groups in total. The highest BCUT2D eigenvalue weighted by molar-refractivity contribution is 7.11. The van der Waals surface area contributed by atoms with Crippen LogP contribution in [0.4, 0.5) is 22.0 Å². The normalized spacial score (nSPS) is 11.8. The summed E-state index contributed by atoms with van der Waals surface area (Å²) < 4.78 is 67.1. The van der Waals surface area contributed by atoms with Crippen molar-refractivity contribution in [3.63, 3.8) is 0 Å². The lowest BCUT2D eigenvalue weighted by Crippen LogP contribution is -2.22. The van der Waals surface area contributed by atoms with Crippen LogP contribution in [0.25, 0.3) is 11.3 Å². The summed E-state index contributed by atoms with van der Waals surface area (Å²) in [6.07, 6.45) is -3.59. The van der Waals surface area contributed by atoms with Crippen molar-refractivity contribution in [3.05, 3.63) is 51.0 Å². The van der Waals surface area contributed by atoms with Crippen molar-refractivity contribution in [2.75, 3.05) is 6.61 Å². The van der Waals surface area contributed by atoms with Crippen LogP contribution in [0.3, 0.4) is 0 Å². The number of hydrogen-bond donors (Lipinski definition) is 0. The molecular formula is C15H10F5N5O2S. The van der Waals surface area contributed by atoms with Gasteiger partial charge in [-0.25, -0.2) is 28.4 Å². The number of thiazole rings is 1. The third kappa shape index (κ3) is 5.06. The topological polar surface area (TPSA) is 82.8 Å². The van der Waals surface area contributed by atoms with Crippen LogP contribution in [0, 0.1) is 0 Å². The quantitative estimate of drug-likeness (QED) is 0.571. The highest BCUT2D eigenvalue weighted by atomic mass is 32.1. The highest BCUT2D eigenvalue weighted by Crippen LogP contribution is 2.24. The first kappa shape index (κ1) is 19.8. The molecule has 13 heteroatoms. The molecule has 3 aromatic heterocycles. The fraction of sp³-hybridized carbons (Fsp3) is 0.267. The zero-order valence-electron chi connectivity index (χ0n) is 13.7. The lowest BCUT2D eigenvalue weighted by molar-refractivity contribution is -0.154. The van der Waals surface area contributed by atoms with Gasteiger partial charge in [0.25, 0.3) is 12.0 Å². The van der Waals surface area contributed by atoms with Gasteiger partial charge in [0.15, 0.2) is 11.6 Å². The van der Waals surface area contributed by atoms with E-state index < -0.39 is 30.8 Å². The molecule has 0 fully saturated rings. The molecule has 0 amide bonds. The molecule has 0 atom stereocenters. The van der Waals surface area contributed by atoms with E-state index in [1.54, 1.807) is 0 Å². The molecule has 0 radical (unpaired) electrons. The largest absolute Gasteiger partial charge is 0.454 e. The van der Waals surface area contributed by atoms with E-state index in [1.807, 2.05) is 0 Å². The Bertz CT molecular complexity index is 1000. The Morgan fingerprint density at radius 2 is 1.82 bits per heavy atom. The first-order chi connectivity index (χ1) is 13.2. The number of hydrogen-bond acceptors (Lipinski definition) is 7. The van der Waals surface area contributed by atoms with E-state index in [1.165, 1.54) is 30.7 Å². The summed E-state index contributed by atoms with van der Waals surface area (Å²) in [5.41, 5.74) is 0.119. The van der Waals surface area contributed by atoms with E-state index >= 15 is 0 Å². The summed E-state index contributed by atoms with van der Waals surface area (Å²) >= 11 is 0.762. The van der Waals surface area contributed by atoms with E-state index in [0.717, 1.165) is 16.0 Å². The van der Waals surface area contributed by atoms with E-state index in [4.69, 9.17) is 0 Å². The SMILES string of the molecule is O=c1ccc(-c2cnc(OCC(F)(F)F)nc2)nn1Cc1cnc(C(F)F)s1. The minimum Gasteiger partial charge on any atom is -0.454 e. The van der Waals surface area contributed by atoms with Crippen molar-refractivity contribution in [1.82, 2.24) is 24.7 Å². The molecule has 0 bridgehead atoms. The van der Waals surface area contributed by atoms with Gasteiger partial charge in [-0.05, 0) is 6.07 Å². The molecule has 0 aliphatic rings. The molecule has 7 nitrogen and oxygen atoms in total. The van der Waals surface area contributed by atoms with Crippen molar-refractivity contribution in [1.29, 1.82) is 0 Å². The van der Waals surface area contributed by atoms with Gasteiger partial charge in [0.05, 0.1) is 12.2 Å². The van der Waals surface area contributed by atoms with Gasteiger partial charge in [-0.15, -0.1) is 11.3 Å². The Labute approximate surface area is 157 Å². The van der Waals surface area contributed by atoms with Crippen LogP contribution in [0.15, 0.2) is 35.5 Å². The maximum Gasteiger partial charge on any atom is 0.422 e. The zero-order chi connectivity index (χ0) is 20.3. The molecule has 0 spiro atoms. The molecular weight excluding hydrogens is 409 g/mol. The van der Waals surface area contributed by atoms with E-state index in [0.29, 0.717) is 10.4 Å². The second-order valence-corrected chi connectivity index (χ2v) is 6.48. The van der Waals surface area contributed by atoms with Crippen LogP contribution in [-0.4, -0.2) is 37.5 Å². The first-order valence-corrected chi connectivity index (χ1v) is 8.36. The molecule has 0 aromatic carbocycles. The van der Waals surface area contributed by atoms with Gasteiger partial charge in [-0.2, -0.15) is 18.3 Å². The van der Waals surface area contributed by atoms with E-state index in [9.17, 15) is 26.7 Å². The Hall–Kier alpha value is -2.96. The van der Waals surface area contributed by atoms with Crippen LogP contribution >= 0.6 is 11.3 Å². The van der Waals surface area contributed by atoms with E-state index in [-0.39, 0.29) is 17.2 Å². The van der Waals surface area contributed by atoms with Crippen molar-refractivity contribution >= 4 is 11.3 Å². The molecule has 3 heterocycles. The summed E-state index contributed by atoms with van der Waals surface area (Å²) in [6, 6.07) is 2.13. The third-order valence-corrected chi connectivity index (χ3v) is 4.21. The van der Waals surface area contributed by atoms with Gasteiger partial charge in [-0.3, -0.25) is 4.79 Å². The molecule has 0 unspecified atom stereocenters. The summed E-state index contributed by atoms with van der Waals surface area (Å²) in [5.74, 6) is 0. The summed E-state index contributed by atoms with van der Waals surface area (Å²) in [4.78, 5) is 23.3. The summed E-state index contributed by atoms with van der Waals surface area (Å²) in [6.45, 7) is -1.59. The van der Waals surface area contributed by atoms with Crippen molar-refractivity contribution in [2.45, 2.75) is 19.1 Å². The molecule has 0 aliphatic carbocycles. The fourth-order valence-electron chi connectivity index (χ4n) is 2.03. The Morgan fingerprint density at radius 1 is 1.11 bits per heavy atom. The van der Waals surface area contributed by atoms with Gasteiger partial charge in [-0.1, -0.05) is 0 Å². The highest BCUT2D eigenvalue weighted by Gasteiger charge is 2.28. The number of alkyl halides is 5. The van der Waals surface area contributed by atoms with Gasteiger partial charge in [0, 0.05) is 35.1 Å². The monoisotopic (exact) mass is 419 g/mol. The number of aromatic nitrogens is 5. The van der Waals surface area contributed by atoms with Gasteiger partial charge in [0.1, 0.15) is 0 Å². The van der Waals surface area contributed by atoms with Gasteiger partial charge < -0.3 is 4.74 Å². The van der Waals surface area contributed by atoms with Crippen LogP contribution in [0.2, 0.25) is 0 Å². The number of halogens is 5. The zero-order valence-corrected chi connectivity index (χ0v) is 14.5. The van der Waals surface area contributed by atoms with E-state index in [2.05, 4.69) is 24.8 Å². The van der Waals surface area contributed by atoms with Crippen LogP contribution in [0.5, 0.6) is 6.01 Å². The van der Waals surface area contributed by atoms with Gasteiger partial charge >= 0.3 is 12.2 Å².